The summed E-state index contributed by atoms with van der Waals surface area (Å²) in [4.78, 5) is 2.95. The lowest BCUT2D eigenvalue weighted by Gasteiger charge is -2.42. The van der Waals surface area contributed by atoms with Gasteiger partial charge in [-0.05, 0) is 38.3 Å². The van der Waals surface area contributed by atoms with Crippen LogP contribution in [0.3, 0.4) is 0 Å². The van der Waals surface area contributed by atoms with Gasteiger partial charge in [0.1, 0.15) is 0 Å². The Kier molecular flexibility index (Phi) is 6.35. The van der Waals surface area contributed by atoms with E-state index in [4.69, 9.17) is 0 Å². The summed E-state index contributed by atoms with van der Waals surface area (Å²) in [6, 6.07) is 3.21. The van der Waals surface area contributed by atoms with E-state index in [2.05, 4.69) is 30.3 Å². The van der Waals surface area contributed by atoms with Crippen LogP contribution < -0.4 is 0 Å². The van der Waals surface area contributed by atoms with Gasteiger partial charge in [-0.25, -0.2) is 0 Å². The predicted octanol–water partition coefficient (Wildman–Crippen LogP) is 5.39. The molecule has 1 nitrogen and oxygen atoms in total. The van der Waals surface area contributed by atoms with E-state index in [0.29, 0.717) is 0 Å². The Labute approximate surface area is 127 Å². The van der Waals surface area contributed by atoms with Crippen molar-refractivity contribution in [3.63, 3.8) is 0 Å². The quantitative estimate of drug-likeness (QED) is 0.594. The third kappa shape index (κ3) is 4.73. The minimum Gasteiger partial charge on any atom is -0.298 e. The van der Waals surface area contributed by atoms with Crippen LogP contribution in [-0.2, 0) is 0 Å². The Balaban J connectivity index is 1.96. The molecule has 0 saturated heterocycles. The lowest BCUT2D eigenvalue weighted by molar-refractivity contribution is 0.0866. The Hall–Kier alpha value is -0.0831. The maximum atomic E-state index is 4.08. The fraction of sp³-hybridized carbons (Fsp3) is 0.889. The molecule has 2 aliphatic rings. The van der Waals surface area contributed by atoms with Crippen molar-refractivity contribution in [2.24, 2.45) is 0 Å². The molecular weight excluding hydrogens is 258 g/mol. The second kappa shape index (κ2) is 7.79. The van der Waals surface area contributed by atoms with E-state index in [0.717, 1.165) is 12.1 Å². The maximum absolute atomic E-state index is 4.08. The number of nitrogens with zero attached hydrogens (tertiary/aromatic N) is 1. The lowest BCUT2D eigenvalue weighted by atomic mass is 9.89. The lowest BCUT2D eigenvalue weighted by Crippen LogP contribution is -2.47. The zero-order chi connectivity index (χ0) is 14.4. The van der Waals surface area contributed by atoms with Crippen molar-refractivity contribution in [1.82, 2.24) is 4.90 Å². The zero-order valence-corrected chi connectivity index (χ0v) is 14.9. The van der Waals surface area contributed by atoms with E-state index >= 15 is 0 Å². The normalized spacial score (nSPS) is 23.1. The van der Waals surface area contributed by atoms with Crippen LogP contribution in [0.2, 0.25) is 19.1 Å². The molecule has 2 rings (SSSR count). The molecule has 0 heterocycles. The van der Waals surface area contributed by atoms with E-state index < -0.39 is 8.07 Å². The summed E-state index contributed by atoms with van der Waals surface area (Å²) in [5.41, 5.74) is 2.28. The van der Waals surface area contributed by atoms with E-state index in [9.17, 15) is 0 Å². The molecule has 116 valence electrons. The number of hydrogen-bond donors (Lipinski definition) is 0. The van der Waals surface area contributed by atoms with Gasteiger partial charge in [-0.1, -0.05) is 51.6 Å². The molecule has 0 amide bonds. The molecule has 2 fully saturated rings. The first-order valence-electron chi connectivity index (χ1n) is 9.02. The Bertz CT molecular complexity index is 270. The molecule has 0 aliphatic heterocycles. The van der Waals surface area contributed by atoms with Crippen LogP contribution in [0.5, 0.6) is 0 Å². The molecule has 0 bridgehead atoms. The highest BCUT2D eigenvalue weighted by molar-refractivity contribution is 6.82. The molecule has 2 heteroatoms. The monoisotopic (exact) mass is 293 g/mol. The second-order valence-corrected chi connectivity index (χ2v) is 12.6. The van der Waals surface area contributed by atoms with Gasteiger partial charge in [-0.2, -0.15) is 0 Å². The molecular formula is C18H35NSi. The SMILES string of the molecule is C=C[Si](C)(C)CCN(C1CCCCC1)C1CCCCC1. The minimum atomic E-state index is -1.14. The zero-order valence-electron chi connectivity index (χ0n) is 13.9. The fourth-order valence-corrected chi connectivity index (χ4v) is 5.05. The summed E-state index contributed by atoms with van der Waals surface area (Å²) in [5.74, 6) is 0. The molecule has 0 N–H and O–H groups in total. The van der Waals surface area contributed by atoms with Gasteiger partial charge in [-0.15, -0.1) is 12.3 Å². The first-order valence-corrected chi connectivity index (χ1v) is 12.3. The van der Waals surface area contributed by atoms with Crippen molar-refractivity contribution in [2.45, 2.75) is 95.4 Å². The van der Waals surface area contributed by atoms with Crippen LogP contribution in [0.1, 0.15) is 64.2 Å². The highest BCUT2D eigenvalue weighted by atomic mass is 28.3. The third-order valence-corrected chi connectivity index (χ3v) is 8.27. The molecule has 0 unspecified atom stereocenters. The van der Waals surface area contributed by atoms with Gasteiger partial charge in [0.05, 0.1) is 8.07 Å². The molecule has 0 aromatic rings. The molecule has 2 aliphatic carbocycles. The van der Waals surface area contributed by atoms with Gasteiger partial charge >= 0.3 is 0 Å². The third-order valence-electron chi connectivity index (χ3n) is 5.65. The molecule has 2 saturated carbocycles. The van der Waals surface area contributed by atoms with Crippen LogP contribution in [-0.4, -0.2) is 31.6 Å². The Morgan fingerprint density at radius 2 is 1.35 bits per heavy atom. The highest BCUT2D eigenvalue weighted by Gasteiger charge is 2.30. The van der Waals surface area contributed by atoms with Gasteiger partial charge in [0, 0.05) is 12.1 Å². The van der Waals surface area contributed by atoms with Gasteiger partial charge in [0.2, 0.25) is 0 Å². The van der Waals surface area contributed by atoms with E-state index in [1.807, 2.05) is 0 Å². The topological polar surface area (TPSA) is 3.24 Å². The van der Waals surface area contributed by atoms with Crippen LogP contribution in [0, 0.1) is 0 Å². The molecule has 0 radical (unpaired) electrons. The van der Waals surface area contributed by atoms with E-state index in [1.165, 1.54) is 76.8 Å². The minimum absolute atomic E-state index is 0.904. The fourth-order valence-electron chi connectivity index (χ4n) is 4.01. The predicted molar refractivity (Wildman–Crippen MR) is 92.9 cm³/mol. The van der Waals surface area contributed by atoms with Crippen LogP contribution in [0.15, 0.2) is 12.3 Å². The Morgan fingerprint density at radius 3 is 1.75 bits per heavy atom. The van der Waals surface area contributed by atoms with Crippen LogP contribution in [0.25, 0.3) is 0 Å². The van der Waals surface area contributed by atoms with Crippen LogP contribution >= 0.6 is 0 Å². The standard InChI is InChI=1S/C18H35NSi/c1-4-20(2,3)16-15-19(17-11-7-5-8-12-17)18-13-9-6-10-14-18/h4,17-18H,1,5-16H2,2-3H3. The van der Waals surface area contributed by atoms with Gasteiger partial charge in [0.15, 0.2) is 0 Å². The van der Waals surface area contributed by atoms with Crippen molar-refractivity contribution < 1.29 is 0 Å². The first-order chi connectivity index (χ1) is 9.62. The highest BCUT2D eigenvalue weighted by Crippen LogP contribution is 2.31. The molecule has 0 spiro atoms. The van der Waals surface area contributed by atoms with Crippen molar-refractivity contribution in [3.05, 3.63) is 12.3 Å². The molecule has 20 heavy (non-hydrogen) atoms. The van der Waals surface area contributed by atoms with Crippen molar-refractivity contribution >= 4 is 8.07 Å². The van der Waals surface area contributed by atoms with Crippen molar-refractivity contribution in [2.75, 3.05) is 6.54 Å². The van der Waals surface area contributed by atoms with E-state index in [-0.39, 0.29) is 0 Å². The van der Waals surface area contributed by atoms with Gasteiger partial charge in [-0.3, -0.25) is 4.90 Å². The van der Waals surface area contributed by atoms with Gasteiger partial charge < -0.3 is 0 Å². The van der Waals surface area contributed by atoms with Crippen LogP contribution in [0.4, 0.5) is 0 Å². The Morgan fingerprint density at radius 1 is 0.900 bits per heavy atom. The van der Waals surface area contributed by atoms with Crippen molar-refractivity contribution in [3.8, 4) is 0 Å². The summed E-state index contributed by atoms with van der Waals surface area (Å²) in [5, 5.41) is 0. The summed E-state index contributed by atoms with van der Waals surface area (Å²) >= 11 is 0. The average Bonchev–Trinajstić information content (AvgIpc) is 2.49. The first kappa shape index (κ1) is 16.3. The summed E-state index contributed by atoms with van der Waals surface area (Å²) in [6.07, 6.45) is 14.7. The average molecular weight is 294 g/mol. The molecule has 0 atom stereocenters. The maximum Gasteiger partial charge on any atom is 0.0722 e. The van der Waals surface area contributed by atoms with Crippen molar-refractivity contribution in [1.29, 1.82) is 0 Å². The number of rotatable bonds is 6. The smallest absolute Gasteiger partial charge is 0.0722 e. The summed E-state index contributed by atoms with van der Waals surface area (Å²) < 4.78 is 0. The van der Waals surface area contributed by atoms with Gasteiger partial charge in [0.25, 0.3) is 0 Å². The molecule has 0 aromatic heterocycles. The molecule has 0 aromatic carbocycles. The second-order valence-electron chi connectivity index (χ2n) is 7.76. The number of hydrogen-bond acceptors (Lipinski definition) is 1. The summed E-state index contributed by atoms with van der Waals surface area (Å²) in [6.45, 7) is 10.4. The largest absolute Gasteiger partial charge is 0.298 e. The summed E-state index contributed by atoms with van der Waals surface area (Å²) in [7, 11) is -1.14. The van der Waals surface area contributed by atoms with E-state index in [1.54, 1.807) is 0 Å².